The molecule has 7 heteroatoms. The number of benzene rings is 1. The minimum absolute atomic E-state index is 0. The van der Waals surface area contributed by atoms with Gasteiger partial charge in [-0.1, -0.05) is 12.2 Å². The Morgan fingerprint density at radius 3 is 2.39 bits per heavy atom. The monoisotopic (exact) mass is 352 g/mol. The van der Waals surface area contributed by atoms with Gasteiger partial charge in [0, 0.05) is 29.3 Å². The summed E-state index contributed by atoms with van der Waals surface area (Å²) in [6.45, 7) is 0. The predicted octanol–water partition coefficient (Wildman–Crippen LogP) is 2.71. The summed E-state index contributed by atoms with van der Waals surface area (Å²) in [5.41, 5.74) is 0. The molecule has 1 aliphatic heterocycles. The van der Waals surface area contributed by atoms with Crippen molar-refractivity contribution in [2.75, 3.05) is 7.11 Å². The van der Waals surface area contributed by atoms with Crippen molar-refractivity contribution in [3.8, 4) is 0 Å². The normalized spacial score (nSPS) is 15.8. The molecule has 0 unspecified atom stereocenters. The molecule has 94 valence electrons. The van der Waals surface area contributed by atoms with Gasteiger partial charge in [-0.25, -0.2) is 0 Å². The number of hydrogen-bond acceptors (Lipinski definition) is 4. The molecule has 1 heterocycles. The van der Waals surface area contributed by atoms with E-state index >= 15 is 0 Å². The van der Waals surface area contributed by atoms with Crippen molar-refractivity contribution >= 4 is 33.6 Å². The van der Waals surface area contributed by atoms with Crippen LogP contribution in [0.4, 0.5) is 0 Å². The molecule has 1 aliphatic rings. The van der Waals surface area contributed by atoms with Gasteiger partial charge in [0.25, 0.3) is 10.1 Å². The van der Waals surface area contributed by atoms with Gasteiger partial charge in [0.1, 0.15) is 0 Å². The van der Waals surface area contributed by atoms with E-state index < -0.39 is 21.0 Å². The fraction of sp³-hybridized carbons (Fsp3) is 0.0909. The third kappa shape index (κ3) is 3.28. The van der Waals surface area contributed by atoms with Crippen LogP contribution in [0.25, 0.3) is 0 Å². The van der Waals surface area contributed by atoms with Crippen LogP contribution in [-0.2, 0) is 33.8 Å². The van der Waals surface area contributed by atoms with E-state index in [0.717, 1.165) is 16.9 Å². The van der Waals surface area contributed by atoms with E-state index in [4.69, 9.17) is 0 Å². The minimum Gasteiger partial charge on any atom is -0.270 e. The SMILES string of the molecule is COS(=O)(=O)c1ccc(S)c([SH]2C=CC=C2)c1.[Zn]. The average Bonchev–Trinajstić information content (AvgIpc) is 2.83. The number of hydrogen-bond donors (Lipinski definition) is 2. The molecule has 0 saturated heterocycles. The number of rotatable bonds is 3. The largest absolute Gasteiger partial charge is 0.296 e. The summed E-state index contributed by atoms with van der Waals surface area (Å²) < 4.78 is 27.7. The van der Waals surface area contributed by atoms with Crippen molar-refractivity contribution < 1.29 is 32.1 Å². The second kappa shape index (κ2) is 6.39. The zero-order valence-corrected chi connectivity index (χ0v) is 15.3. The number of allylic oxidation sites excluding steroid dienone is 2. The third-order valence-electron chi connectivity index (χ3n) is 2.34. The van der Waals surface area contributed by atoms with Crippen molar-refractivity contribution in [1.82, 2.24) is 0 Å². The quantitative estimate of drug-likeness (QED) is 0.499. The van der Waals surface area contributed by atoms with Crippen LogP contribution in [-0.4, -0.2) is 15.5 Å². The Kier molecular flexibility index (Phi) is 5.68. The standard InChI is InChI=1S/C11H12O3S3.Zn/c1-14-17(12,13)9-4-5-10(15)11(8-9)16-6-2-3-7-16;/h2-8,15-16H,1H3;. The van der Waals surface area contributed by atoms with Crippen molar-refractivity contribution in [3.63, 3.8) is 0 Å². The Hall–Kier alpha value is -0.0666. The number of thiol groups is 2. The Morgan fingerprint density at radius 2 is 1.83 bits per heavy atom. The van der Waals surface area contributed by atoms with Crippen molar-refractivity contribution in [1.29, 1.82) is 0 Å². The summed E-state index contributed by atoms with van der Waals surface area (Å²) in [6.07, 6.45) is 3.91. The maximum Gasteiger partial charge on any atom is 0.296 e. The van der Waals surface area contributed by atoms with Gasteiger partial charge < -0.3 is 0 Å². The summed E-state index contributed by atoms with van der Waals surface area (Å²) in [6, 6.07) is 4.82. The molecule has 1 aromatic rings. The zero-order chi connectivity index (χ0) is 12.5. The van der Waals surface area contributed by atoms with E-state index in [9.17, 15) is 8.42 Å². The van der Waals surface area contributed by atoms with Crippen molar-refractivity contribution in [3.05, 3.63) is 41.2 Å². The van der Waals surface area contributed by atoms with Gasteiger partial charge in [-0.3, -0.25) is 4.18 Å². The molecule has 0 aliphatic carbocycles. The summed E-state index contributed by atoms with van der Waals surface area (Å²) in [5, 5.41) is 4.10. The van der Waals surface area contributed by atoms with Crippen LogP contribution in [0, 0.1) is 0 Å². The van der Waals surface area contributed by atoms with Crippen LogP contribution >= 0.6 is 23.5 Å². The summed E-state index contributed by atoms with van der Waals surface area (Å²) in [4.78, 5) is 1.89. The van der Waals surface area contributed by atoms with Gasteiger partial charge in [-0.05, 0) is 29.0 Å². The van der Waals surface area contributed by atoms with Gasteiger partial charge >= 0.3 is 0 Å². The molecule has 0 aromatic heterocycles. The van der Waals surface area contributed by atoms with E-state index in [1.165, 1.54) is 6.07 Å². The maximum absolute atomic E-state index is 11.6. The van der Waals surface area contributed by atoms with E-state index in [1.807, 2.05) is 23.0 Å². The topological polar surface area (TPSA) is 43.4 Å². The van der Waals surface area contributed by atoms with Gasteiger partial charge in [0.15, 0.2) is 0 Å². The first-order chi connectivity index (χ1) is 8.04. The molecule has 0 spiro atoms. The van der Waals surface area contributed by atoms with Gasteiger partial charge in [0.05, 0.1) is 12.0 Å². The molecule has 0 atom stereocenters. The zero-order valence-electron chi connectivity index (χ0n) is 9.78. The van der Waals surface area contributed by atoms with Crippen molar-refractivity contribution in [2.45, 2.75) is 14.7 Å². The van der Waals surface area contributed by atoms with Crippen LogP contribution < -0.4 is 0 Å². The van der Waals surface area contributed by atoms with Crippen LogP contribution in [0.2, 0.25) is 0 Å². The maximum atomic E-state index is 11.6. The summed E-state index contributed by atoms with van der Waals surface area (Å²) in [5.74, 6) is 0. The third-order valence-corrected chi connectivity index (χ3v) is 6.09. The minimum atomic E-state index is -3.64. The van der Waals surface area contributed by atoms with E-state index in [1.54, 1.807) is 12.1 Å². The predicted molar refractivity (Wildman–Crippen MR) is 73.4 cm³/mol. The van der Waals surface area contributed by atoms with Crippen LogP contribution in [0.15, 0.2) is 55.9 Å². The molecular formula is C11H12O3S3Zn. The Balaban J connectivity index is 0.00000162. The molecule has 2 rings (SSSR count). The van der Waals surface area contributed by atoms with Crippen LogP contribution in [0.5, 0.6) is 0 Å². The van der Waals surface area contributed by atoms with E-state index in [0.29, 0.717) is 0 Å². The van der Waals surface area contributed by atoms with Crippen molar-refractivity contribution in [2.24, 2.45) is 0 Å². The van der Waals surface area contributed by atoms with E-state index in [2.05, 4.69) is 16.8 Å². The first-order valence-corrected chi connectivity index (χ1v) is 8.15. The van der Waals surface area contributed by atoms with Gasteiger partial charge in [0.2, 0.25) is 0 Å². The average molecular weight is 354 g/mol. The van der Waals surface area contributed by atoms with E-state index in [-0.39, 0.29) is 24.4 Å². The molecule has 3 nitrogen and oxygen atoms in total. The first kappa shape index (κ1) is 16.0. The van der Waals surface area contributed by atoms with Gasteiger partial charge in [-0.15, -0.1) is 12.6 Å². The molecule has 0 bridgehead atoms. The fourth-order valence-corrected chi connectivity index (χ4v) is 4.34. The smallest absolute Gasteiger partial charge is 0.270 e. The van der Waals surface area contributed by atoms with Gasteiger partial charge in [-0.2, -0.15) is 19.3 Å². The fourth-order valence-electron chi connectivity index (χ4n) is 1.46. The molecule has 0 radical (unpaired) electrons. The Labute approximate surface area is 128 Å². The Morgan fingerprint density at radius 1 is 1.22 bits per heavy atom. The summed E-state index contributed by atoms with van der Waals surface area (Å²) in [7, 11) is -3.07. The van der Waals surface area contributed by atoms with Crippen LogP contribution in [0.3, 0.4) is 0 Å². The molecule has 0 fully saturated rings. The molecule has 0 N–H and O–H groups in total. The molecule has 18 heavy (non-hydrogen) atoms. The Bertz CT molecular complexity index is 582. The molecule has 1 aromatic carbocycles. The second-order valence-electron chi connectivity index (χ2n) is 3.36. The molecule has 0 saturated carbocycles. The second-order valence-corrected chi connectivity index (χ2v) is 7.45. The molecule has 0 amide bonds. The van der Waals surface area contributed by atoms with Crippen LogP contribution in [0.1, 0.15) is 0 Å². The summed E-state index contributed by atoms with van der Waals surface area (Å²) >= 11 is 4.36. The first-order valence-electron chi connectivity index (χ1n) is 4.81. The molecular weight excluding hydrogens is 342 g/mol.